The van der Waals surface area contributed by atoms with E-state index in [9.17, 15) is 70.3 Å². The second-order valence-corrected chi connectivity index (χ2v) is 30.1. The fourth-order valence-corrected chi connectivity index (χ4v) is 14.9. The Morgan fingerprint density at radius 3 is 1.90 bits per heavy atom. The van der Waals surface area contributed by atoms with Crippen molar-refractivity contribution < 1.29 is 84.5 Å². The summed E-state index contributed by atoms with van der Waals surface area (Å²) in [5, 5.41) is 11.1. The summed E-state index contributed by atoms with van der Waals surface area (Å²) in [5.74, 6) is -17.5. The van der Waals surface area contributed by atoms with Gasteiger partial charge < -0.3 is 55.9 Å². The van der Waals surface area contributed by atoms with E-state index in [1.165, 1.54) is 19.1 Å². The second kappa shape index (κ2) is 41.8. The van der Waals surface area contributed by atoms with Crippen molar-refractivity contribution in [3.63, 3.8) is 0 Å². The molecule has 2 aliphatic rings. The average molecular weight is 1490 g/mol. The van der Waals surface area contributed by atoms with Crippen LogP contribution in [0.25, 0.3) is 0 Å². The number of hydrogen-bond acceptors (Lipinski definition) is 15. The molecule has 3 aromatic rings. The number of nitrogens with zero attached hydrogens (tertiary/aromatic N) is 4. The van der Waals surface area contributed by atoms with Crippen LogP contribution >= 0.6 is 0 Å². The Morgan fingerprint density at radius 1 is 0.670 bits per heavy atom. The highest BCUT2D eigenvalue weighted by atomic mass is 19.2. The number of rotatable bonds is 41. The Hall–Kier alpha value is -8.17. The van der Waals surface area contributed by atoms with Crippen LogP contribution in [0.1, 0.15) is 169 Å². The van der Waals surface area contributed by atoms with Gasteiger partial charge in [-0.15, -0.1) is 0 Å². The van der Waals surface area contributed by atoms with Gasteiger partial charge in [0.15, 0.2) is 29.0 Å². The summed E-state index contributed by atoms with van der Waals surface area (Å²) in [6.07, 6.45) is 0.0349. The molecule has 0 saturated carbocycles. The van der Waals surface area contributed by atoms with Crippen molar-refractivity contribution in [2.45, 2.75) is 215 Å². The number of urea groups is 1. The van der Waals surface area contributed by atoms with Gasteiger partial charge in [-0.3, -0.25) is 52.8 Å². The van der Waals surface area contributed by atoms with Crippen LogP contribution in [0.2, 0.25) is 0 Å². The van der Waals surface area contributed by atoms with E-state index in [2.05, 4.69) is 21.3 Å². The summed E-state index contributed by atoms with van der Waals surface area (Å²) in [6.45, 7) is 20.2. The number of anilines is 1. The number of piperidine rings is 1. The number of Topliss-reactive ketones (excluding diaryl/α,β-unsaturated/α-hetero) is 3. The fraction of sp³-hybridized carbons (Fsp3) is 0.633. The molecule has 0 bridgehead atoms. The number of ketones is 3. The highest BCUT2D eigenvalue weighted by Gasteiger charge is 2.45. The molecule has 0 spiro atoms. The number of carbonyl (C=O) groups excluding carboxylic acids is 11. The molecule has 2 heterocycles. The van der Waals surface area contributed by atoms with Crippen LogP contribution in [0.5, 0.6) is 5.75 Å². The number of esters is 1. The Kier molecular flexibility index (Phi) is 34.9. The SMILES string of the molecule is CC[C@H](C)[C@@H]([C@@H](CC(=O)N1CCC[C@H]1[C@H](OC)[C@@H](C)C(=O)C[C@@H](Cc1ccccc1)C(=O)NCc1ccc(NC(=O)[C@H](CCCNC(N)=O)CC(=O)[C@@H](NC(=O)CCC(=O)N2CC[C@@H](C(=O)Oc3c(F)c(C)c(F)c(F)c3F)C[C@H]2C)C(C)C)cc1)OC)N(C)C(=O)[C@@H](CC(=O)[C@H](C(C)C)N(C)C)C(C)C. The summed E-state index contributed by atoms with van der Waals surface area (Å²) < 4.78 is 74.1. The van der Waals surface area contributed by atoms with Gasteiger partial charge in [-0.25, -0.2) is 18.0 Å². The van der Waals surface area contributed by atoms with E-state index < -0.39 is 142 Å². The van der Waals surface area contributed by atoms with Crippen molar-refractivity contribution in [1.82, 2.24) is 35.6 Å². The number of ether oxygens (including phenoxy) is 3. The quantitative estimate of drug-likeness (QED) is 0.00881. The standard InChI is InChI=1S/C79H115F4N9O14/c1-17-47(8)72(90(14)77(101)57(44(2)3)41-61(95)71(46(6)7)89(12)13)62(104-15)42-65(98)92-35-22-26-58(92)73(105-16)49(10)59(93)40-55(38-51-23-19-18-20-24-51)75(99)86-43-52-27-29-56(30-28-52)87-76(100)53(25-21-34-85-79(84)103)39-60(94)70(45(4)5)88-63(96)31-32-64(97)91-36-33-54(37-48(91)9)78(102)106-74-67(81)50(11)66(80)68(82)69(74)83/h18-20,23-24,27-30,44-49,53-55,57-58,62,70-73H,17,21-22,25-26,31-43H2,1-16H3,(H,86,99)(H,87,100)(H,88,96)(H3,84,85,103)/t47-,48+,49-,53+,54+,55+,57-,58-,62+,70-,71-,72-,73+/m0/s1. The summed E-state index contributed by atoms with van der Waals surface area (Å²) in [6, 6.07) is 12.2. The Balaban J connectivity index is 1.20. The van der Waals surface area contributed by atoms with Gasteiger partial charge in [-0.2, -0.15) is 4.39 Å². The maximum Gasteiger partial charge on any atom is 0.314 e. The largest absolute Gasteiger partial charge is 0.420 e. The molecule has 0 radical (unpaired) electrons. The second-order valence-electron chi connectivity index (χ2n) is 30.1. The van der Waals surface area contributed by atoms with E-state index in [4.69, 9.17) is 19.9 Å². The van der Waals surface area contributed by atoms with Gasteiger partial charge in [-0.1, -0.05) is 111 Å². The van der Waals surface area contributed by atoms with Crippen molar-refractivity contribution in [3.8, 4) is 5.75 Å². The van der Waals surface area contributed by atoms with Crippen LogP contribution in [-0.4, -0.2) is 182 Å². The maximum absolute atomic E-state index is 14.7. The molecule has 0 unspecified atom stereocenters. The zero-order valence-electron chi connectivity index (χ0n) is 64.8. The lowest BCUT2D eigenvalue weighted by Gasteiger charge is -2.41. The Bertz CT molecular complexity index is 3470. The van der Waals surface area contributed by atoms with Gasteiger partial charge >= 0.3 is 12.0 Å². The van der Waals surface area contributed by atoms with E-state index in [0.29, 0.717) is 37.1 Å². The molecule has 0 aliphatic carbocycles. The van der Waals surface area contributed by atoms with Crippen LogP contribution in [0.15, 0.2) is 54.6 Å². The highest BCUT2D eigenvalue weighted by molar-refractivity contribution is 5.98. The van der Waals surface area contributed by atoms with Gasteiger partial charge in [0.2, 0.25) is 47.0 Å². The number of methoxy groups -OCH3 is 2. The minimum absolute atomic E-state index is 0.000238. The van der Waals surface area contributed by atoms with E-state index in [-0.39, 0.29) is 143 Å². The van der Waals surface area contributed by atoms with E-state index in [0.717, 1.165) is 12.5 Å². The van der Waals surface area contributed by atoms with Gasteiger partial charge in [-0.05, 0) is 120 Å². The molecule has 2 fully saturated rings. The van der Waals surface area contributed by atoms with Gasteiger partial charge in [0.1, 0.15) is 5.78 Å². The predicted molar refractivity (Wildman–Crippen MR) is 393 cm³/mol. The third-order valence-corrected chi connectivity index (χ3v) is 21.2. The number of amides is 8. The van der Waals surface area contributed by atoms with Crippen LogP contribution in [-0.2, 0) is 70.4 Å². The number of carbonyl (C=O) groups is 11. The first kappa shape index (κ1) is 88.5. The topological polar surface area (TPSA) is 303 Å². The van der Waals surface area contributed by atoms with Gasteiger partial charge in [0.05, 0.1) is 48.7 Å². The molecule has 588 valence electrons. The Labute approximate surface area is 622 Å². The van der Waals surface area contributed by atoms with Crippen molar-refractivity contribution in [2.24, 2.45) is 59.0 Å². The van der Waals surface area contributed by atoms with Gasteiger partial charge in [0, 0.05) is 121 Å². The molecule has 23 nitrogen and oxygen atoms in total. The summed E-state index contributed by atoms with van der Waals surface area (Å²) in [5.41, 5.74) is 6.27. The average Bonchev–Trinajstić information content (AvgIpc) is 0.894. The molecule has 106 heavy (non-hydrogen) atoms. The summed E-state index contributed by atoms with van der Waals surface area (Å²) in [4.78, 5) is 158. The normalized spacial score (nSPS) is 18.2. The number of benzene rings is 3. The molecule has 3 aromatic carbocycles. The monoisotopic (exact) mass is 1490 g/mol. The zero-order valence-corrected chi connectivity index (χ0v) is 64.8. The van der Waals surface area contributed by atoms with Crippen molar-refractivity contribution in [1.29, 1.82) is 0 Å². The first-order chi connectivity index (χ1) is 50.0. The molecule has 2 aliphatic heterocycles. The Morgan fingerprint density at radius 2 is 1.32 bits per heavy atom. The molecule has 6 N–H and O–H groups in total. The highest BCUT2D eigenvalue weighted by Crippen LogP contribution is 2.35. The lowest BCUT2D eigenvalue weighted by Crippen LogP contribution is -2.54. The number of nitrogens with one attached hydrogen (secondary N) is 4. The number of hydrogen-bond donors (Lipinski definition) is 5. The predicted octanol–water partition coefficient (Wildman–Crippen LogP) is 9.84. The molecule has 5 rings (SSSR count). The third-order valence-electron chi connectivity index (χ3n) is 21.2. The van der Waals surface area contributed by atoms with Crippen LogP contribution < -0.4 is 31.7 Å². The van der Waals surface area contributed by atoms with E-state index >= 15 is 0 Å². The van der Waals surface area contributed by atoms with Gasteiger partial charge in [0.25, 0.3) is 0 Å². The number of halogens is 4. The molecular weight excluding hydrogens is 1370 g/mol. The molecular formula is C79H115F4N9O14. The zero-order chi connectivity index (χ0) is 79.1. The number of likely N-dealkylation sites (N-methyl/N-ethyl adjacent to an activating group) is 2. The molecule has 0 aromatic heterocycles. The minimum atomic E-state index is -1.99. The van der Waals surface area contributed by atoms with E-state index in [1.807, 2.05) is 90.9 Å². The number of nitrogens with two attached hydrogens (primary N) is 1. The summed E-state index contributed by atoms with van der Waals surface area (Å²) in [7, 11) is 8.53. The molecule has 2 saturated heterocycles. The third kappa shape index (κ3) is 24.4. The fourth-order valence-electron chi connectivity index (χ4n) is 14.9. The van der Waals surface area contributed by atoms with Crippen molar-refractivity contribution in [3.05, 3.63) is 94.6 Å². The van der Waals surface area contributed by atoms with Crippen LogP contribution in [0.4, 0.5) is 28.0 Å². The number of primary amides is 1. The molecule has 8 amide bonds. The first-order valence-corrected chi connectivity index (χ1v) is 37.2. The molecule has 27 heteroatoms. The van der Waals surface area contributed by atoms with E-state index in [1.54, 1.807) is 68.8 Å². The first-order valence-electron chi connectivity index (χ1n) is 37.2. The van der Waals surface area contributed by atoms with Crippen LogP contribution in [0, 0.1) is 83.5 Å². The summed E-state index contributed by atoms with van der Waals surface area (Å²) >= 11 is 0. The van der Waals surface area contributed by atoms with Crippen LogP contribution in [0.3, 0.4) is 0 Å². The smallest absolute Gasteiger partial charge is 0.314 e. The number of likely N-dealkylation sites (tertiary alicyclic amines) is 2. The lowest BCUT2D eigenvalue weighted by molar-refractivity contribution is -0.149. The lowest BCUT2D eigenvalue weighted by atomic mass is 9.83. The molecule has 13 atom stereocenters. The minimum Gasteiger partial charge on any atom is -0.420 e. The van der Waals surface area contributed by atoms with Crippen molar-refractivity contribution >= 4 is 70.5 Å². The maximum atomic E-state index is 14.7. The van der Waals surface area contributed by atoms with Crippen molar-refractivity contribution in [2.75, 3.05) is 60.3 Å².